The minimum atomic E-state index is -0.687. The van der Waals surface area contributed by atoms with Crippen LogP contribution in [0, 0.1) is 5.82 Å². The first-order chi connectivity index (χ1) is 12.9. The lowest BCUT2D eigenvalue weighted by molar-refractivity contribution is -0.132. The van der Waals surface area contributed by atoms with Gasteiger partial charge in [0.15, 0.2) is 17.2 Å². The number of esters is 2. The maximum atomic E-state index is 13.3. The van der Waals surface area contributed by atoms with E-state index >= 15 is 0 Å². The van der Waals surface area contributed by atoms with Crippen molar-refractivity contribution in [1.29, 1.82) is 0 Å². The van der Waals surface area contributed by atoms with Crippen LogP contribution in [0.1, 0.15) is 18.1 Å². The number of carbonyl (C=O) groups excluding carboxylic acids is 2. The molecular weight excluding hydrogens is 377 g/mol. The van der Waals surface area contributed by atoms with Gasteiger partial charge in [-0.3, -0.25) is 4.79 Å². The Morgan fingerprint density at radius 2 is 2.07 bits per heavy atom. The van der Waals surface area contributed by atoms with Crippen molar-refractivity contribution in [2.75, 3.05) is 7.11 Å². The predicted molar refractivity (Wildman–Crippen MR) is 96.3 cm³/mol. The quantitative estimate of drug-likeness (QED) is 0.452. The Kier molecular flexibility index (Phi) is 5.23. The van der Waals surface area contributed by atoms with Gasteiger partial charge in [0, 0.05) is 12.5 Å². The fourth-order valence-corrected chi connectivity index (χ4v) is 2.64. The molecule has 6 nitrogen and oxygen atoms in total. The molecule has 0 atom stereocenters. The molecule has 1 aliphatic rings. The van der Waals surface area contributed by atoms with Crippen molar-refractivity contribution in [3.8, 4) is 11.5 Å². The number of cyclic esters (lactones) is 1. The second-order valence-electron chi connectivity index (χ2n) is 5.47. The van der Waals surface area contributed by atoms with Gasteiger partial charge >= 0.3 is 11.9 Å². The Balaban J connectivity index is 1.97. The zero-order valence-electron chi connectivity index (χ0n) is 14.3. The molecule has 2 aromatic carbocycles. The molecule has 27 heavy (non-hydrogen) atoms. The van der Waals surface area contributed by atoms with Crippen molar-refractivity contribution in [3.05, 3.63) is 64.1 Å². The van der Waals surface area contributed by atoms with Gasteiger partial charge in [0.05, 0.1) is 12.1 Å². The van der Waals surface area contributed by atoms with Crippen LogP contribution in [0.15, 0.2) is 47.1 Å². The number of carbonyl (C=O) groups is 2. The largest absolute Gasteiger partial charge is 0.493 e. The smallest absolute Gasteiger partial charge is 0.363 e. The third kappa shape index (κ3) is 4.15. The fourth-order valence-electron chi connectivity index (χ4n) is 2.38. The van der Waals surface area contributed by atoms with Gasteiger partial charge < -0.3 is 14.2 Å². The van der Waals surface area contributed by atoms with E-state index in [1.165, 1.54) is 50.4 Å². The van der Waals surface area contributed by atoms with Crippen LogP contribution in [0.4, 0.5) is 4.39 Å². The molecular formula is C19H13ClFNO5. The highest BCUT2D eigenvalue weighted by Gasteiger charge is 2.25. The fraction of sp³-hybridized carbons (Fsp3) is 0.105. The van der Waals surface area contributed by atoms with E-state index in [4.69, 9.17) is 25.8 Å². The standard InChI is InChI=1S/C19H13ClFNO5/c1-10(23)26-17-14(20)6-11(8-16(17)25-2)7-15-19(24)27-18(22-15)12-4-3-5-13(21)9-12/h3-9H,1-2H3/b15-7-. The molecule has 0 aromatic heterocycles. The van der Waals surface area contributed by atoms with E-state index in [0.29, 0.717) is 11.1 Å². The maximum Gasteiger partial charge on any atom is 0.363 e. The summed E-state index contributed by atoms with van der Waals surface area (Å²) in [5.41, 5.74) is 0.823. The summed E-state index contributed by atoms with van der Waals surface area (Å²) in [5, 5.41) is 0.122. The Bertz CT molecular complexity index is 1000. The lowest BCUT2D eigenvalue weighted by Crippen LogP contribution is -2.05. The number of hydrogen-bond acceptors (Lipinski definition) is 6. The number of ether oxygens (including phenoxy) is 3. The summed E-state index contributed by atoms with van der Waals surface area (Å²) in [5.74, 6) is -1.42. The highest BCUT2D eigenvalue weighted by Crippen LogP contribution is 2.37. The summed E-state index contributed by atoms with van der Waals surface area (Å²) in [6.45, 7) is 1.24. The van der Waals surface area contributed by atoms with E-state index in [-0.39, 0.29) is 28.1 Å². The van der Waals surface area contributed by atoms with Crippen LogP contribution in [-0.2, 0) is 14.3 Å². The Morgan fingerprint density at radius 3 is 2.74 bits per heavy atom. The zero-order chi connectivity index (χ0) is 19.6. The number of aliphatic imine (C=N–C) groups is 1. The van der Waals surface area contributed by atoms with E-state index in [1.54, 1.807) is 6.07 Å². The van der Waals surface area contributed by atoms with Gasteiger partial charge in [0.25, 0.3) is 0 Å². The third-order valence-electron chi connectivity index (χ3n) is 3.49. The van der Waals surface area contributed by atoms with Crippen LogP contribution in [0.5, 0.6) is 11.5 Å². The number of methoxy groups -OCH3 is 1. The molecule has 1 aliphatic heterocycles. The summed E-state index contributed by atoms with van der Waals surface area (Å²) in [7, 11) is 1.39. The molecule has 0 saturated carbocycles. The van der Waals surface area contributed by atoms with Crippen LogP contribution in [-0.4, -0.2) is 24.9 Å². The van der Waals surface area contributed by atoms with Crippen molar-refractivity contribution in [3.63, 3.8) is 0 Å². The molecule has 2 aromatic rings. The highest BCUT2D eigenvalue weighted by atomic mass is 35.5. The molecule has 138 valence electrons. The molecule has 3 rings (SSSR count). The van der Waals surface area contributed by atoms with Crippen LogP contribution in [0.25, 0.3) is 6.08 Å². The molecule has 0 spiro atoms. The Labute approximate surface area is 158 Å². The van der Waals surface area contributed by atoms with E-state index in [9.17, 15) is 14.0 Å². The van der Waals surface area contributed by atoms with Crippen LogP contribution in [0.2, 0.25) is 5.02 Å². The monoisotopic (exact) mass is 389 g/mol. The molecule has 0 unspecified atom stereocenters. The SMILES string of the molecule is COc1cc(/C=C2\N=C(c3cccc(F)c3)OC2=O)cc(Cl)c1OC(C)=O. The molecule has 0 aliphatic carbocycles. The predicted octanol–water partition coefficient (Wildman–Crippen LogP) is 3.76. The average molecular weight is 390 g/mol. The number of nitrogens with zero attached hydrogens (tertiary/aromatic N) is 1. The van der Waals surface area contributed by atoms with Crippen LogP contribution < -0.4 is 9.47 Å². The van der Waals surface area contributed by atoms with E-state index in [2.05, 4.69) is 4.99 Å². The lowest BCUT2D eigenvalue weighted by Gasteiger charge is -2.10. The minimum absolute atomic E-state index is 0.000320. The van der Waals surface area contributed by atoms with Gasteiger partial charge in [-0.15, -0.1) is 0 Å². The zero-order valence-corrected chi connectivity index (χ0v) is 15.0. The second kappa shape index (κ2) is 7.59. The van der Waals surface area contributed by atoms with Crippen molar-refractivity contribution < 1.29 is 28.2 Å². The van der Waals surface area contributed by atoms with Gasteiger partial charge in [0.2, 0.25) is 5.90 Å². The van der Waals surface area contributed by atoms with Gasteiger partial charge in [0.1, 0.15) is 5.82 Å². The minimum Gasteiger partial charge on any atom is -0.493 e. The first-order valence-electron chi connectivity index (χ1n) is 7.72. The van der Waals surface area contributed by atoms with Gasteiger partial charge in [-0.05, 0) is 42.0 Å². The third-order valence-corrected chi connectivity index (χ3v) is 3.77. The van der Waals surface area contributed by atoms with Gasteiger partial charge in [-0.25, -0.2) is 14.2 Å². The van der Waals surface area contributed by atoms with Crippen molar-refractivity contribution in [1.82, 2.24) is 0 Å². The van der Waals surface area contributed by atoms with Crippen LogP contribution >= 0.6 is 11.6 Å². The van der Waals surface area contributed by atoms with E-state index < -0.39 is 17.8 Å². The average Bonchev–Trinajstić information content (AvgIpc) is 2.97. The molecule has 0 N–H and O–H groups in total. The normalized spacial score (nSPS) is 14.7. The number of rotatable bonds is 4. The van der Waals surface area contributed by atoms with Gasteiger partial charge in [-0.1, -0.05) is 17.7 Å². The molecule has 1 heterocycles. The van der Waals surface area contributed by atoms with Crippen LogP contribution in [0.3, 0.4) is 0 Å². The molecule has 0 saturated heterocycles. The molecule has 8 heteroatoms. The summed E-state index contributed by atoms with van der Waals surface area (Å²) >= 11 is 6.14. The molecule has 0 fully saturated rings. The number of halogens is 2. The molecule has 0 bridgehead atoms. The Morgan fingerprint density at radius 1 is 1.30 bits per heavy atom. The number of hydrogen-bond donors (Lipinski definition) is 0. The highest BCUT2D eigenvalue weighted by molar-refractivity contribution is 6.32. The maximum absolute atomic E-state index is 13.3. The summed E-state index contributed by atoms with van der Waals surface area (Å²) in [4.78, 5) is 27.3. The second-order valence-corrected chi connectivity index (χ2v) is 5.88. The number of benzene rings is 2. The topological polar surface area (TPSA) is 74.2 Å². The first kappa shape index (κ1) is 18.6. The molecule has 0 radical (unpaired) electrons. The summed E-state index contributed by atoms with van der Waals surface area (Å²) in [6.07, 6.45) is 1.43. The van der Waals surface area contributed by atoms with E-state index in [0.717, 1.165) is 0 Å². The van der Waals surface area contributed by atoms with Crippen molar-refractivity contribution >= 4 is 35.5 Å². The summed E-state index contributed by atoms with van der Waals surface area (Å²) < 4.78 is 28.6. The van der Waals surface area contributed by atoms with Crippen molar-refractivity contribution in [2.24, 2.45) is 4.99 Å². The summed E-state index contributed by atoms with van der Waals surface area (Å²) in [6, 6.07) is 8.56. The Hall–Kier alpha value is -3.19. The van der Waals surface area contributed by atoms with E-state index in [1.807, 2.05) is 0 Å². The van der Waals surface area contributed by atoms with Crippen molar-refractivity contribution in [2.45, 2.75) is 6.92 Å². The molecule has 0 amide bonds. The van der Waals surface area contributed by atoms with Gasteiger partial charge in [-0.2, -0.15) is 0 Å². The first-order valence-corrected chi connectivity index (χ1v) is 8.09. The lowest BCUT2D eigenvalue weighted by atomic mass is 10.1.